The Labute approximate surface area is 122 Å². The smallest absolute Gasteiger partial charge is 0.236 e. The fourth-order valence-corrected chi connectivity index (χ4v) is 2.72. The number of benzene rings is 1. The van der Waals surface area contributed by atoms with Crippen molar-refractivity contribution in [1.29, 1.82) is 0 Å². The SMILES string of the molecule is Cc1ccccc1CN(C)CC(=O)N1CCC(C)CC1. The van der Waals surface area contributed by atoms with Crippen LogP contribution in [0.15, 0.2) is 24.3 Å². The molecule has 0 spiro atoms. The minimum Gasteiger partial charge on any atom is -0.342 e. The van der Waals surface area contributed by atoms with E-state index in [0.29, 0.717) is 6.54 Å². The predicted molar refractivity (Wildman–Crippen MR) is 82.5 cm³/mol. The summed E-state index contributed by atoms with van der Waals surface area (Å²) in [7, 11) is 2.02. The summed E-state index contributed by atoms with van der Waals surface area (Å²) in [4.78, 5) is 16.4. The highest BCUT2D eigenvalue weighted by molar-refractivity contribution is 5.78. The monoisotopic (exact) mass is 274 g/mol. The van der Waals surface area contributed by atoms with Crippen LogP contribution >= 0.6 is 0 Å². The average Bonchev–Trinajstić information content (AvgIpc) is 2.42. The van der Waals surface area contributed by atoms with Gasteiger partial charge >= 0.3 is 0 Å². The number of carbonyl (C=O) groups excluding carboxylic acids is 1. The van der Waals surface area contributed by atoms with Gasteiger partial charge in [-0.15, -0.1) is 0 Å². The van der Waals surface area contributed by atoms with E-state index in [9.17, 15) is 4.79 Å². The molecule has 0 saturated carbocycles. The molecule has 3 heteroatoms. The highest BCUT2D eigenvalue weighted by Crippen LogP contribution is 2.16. The van der Waals surface area contributed by atoms with Crippen molar-refractivity contribution in [3.05, 3.63) is 35.4 Å². The number of likely N-dealkylation sites (tertiary alicyclic amines) is 1. The van der Waals surface area contributed by atoms with Crippen LogP contribution in [0.3, 0.4) is 0 Å². The van der Waals surface area contributed by atoms with Gasteiger partial charge in [0, 0.05) is 19.6 Å². The van der Waals surface area contributed by atoms with Gasteiger partial charge in [0.15, 0.2) is 0 Å². The number of carbonyl (C=O) groups is 1. The van der Waals surface area contributed by atoms with Gasteiger partial charge in [-0.2, -0.15) is 0 Å². The maximum Gasteiger partial charge on any atom is 0.236 e. The van der Waals surface area contributed by atoms with E-state index < -0.39 is 0 Å². The Bertz CT molecular complexity index is 450. The third-order valence-corrected chi connectivity index (χ3v) is 4.24. The van der Waals surface area contributed by atoms with Crippen LogP contribution in [0, 0.1) is 12.8 Å². The van der Waals surface area contributed by atoms with E-state index in [1.165, 1.54) is 11.1 Å². The summed E-state index contributed by atoms with van der Waals surface area (Å²) in [6.45, 7) is 7.60. The van der Waals surface area contributed by atoms with Gasteiger partial charge in [0.25, 0.3) is 0 Å². The molecule has 0 radical (unpaired) electrons. The molecule has 1 heterocycles. The second kappa shape index (κ2) is 6.89. The first kappa shape index (κ1) is 15.0. The molecular weight excluding hydrogens is 248 g/mol. The summed E-state index contributed by atoms with van der Waals surface area (Å²) >= 11 is 0. The van der Waals surface area contributed by atoms with E-state index in [4.69, 9.17) is 0 Å². The van der Waals surface area contributed by atoms with Crippen LogP contribution in [0.25, 0.3) is 0 Å². The van der Waals surface area contributed by atoms with Gasteiger partial charge in [-0.3, -0.25) is 9.69 Å². The highest BCUT2D eigenvalue weighted by Gasteiger charge is 2.21. The van der Waals surface area contributed by atoms with E-state index >= 15 is 0 Å². The van der Waals surface area contributed by atoms with Crippen LogP contribution in [0.4, 0.5) is 0 Å². The molecule has 0 unspecified atom stereocenters. The number of hydrogen-bond acceptors (Lipinski definition) is 2. The van der Waals surface area contributed by atoms with Gasteiger partial charge in [0.1, 0.15) is 0 Å². The Morgan fingerprint density at radius 3 is 2.60 bits per heavy atom. The van der Waals surface area contributed by atoms with E-state index in [1.807, 2.05) is 11.9 Å². The van der Waals surface area contributed by atoms with Crippen molar-refractivity contribution in [2.45, 2.75) is 33.2 Å². The first-order valence-electron chi connectivity index (χ1n) is 7.57. The Kier molecular flexibility index (Phi) is 5.18. The molecule has 1 aromatic carbocycles. The minimum absolute atomic E-state index is 0.271. The molecule has 0 atom stereocenters. The van der Waals surface area contributed by atoms with Crippen LogP contribution in [-0.4, -0.2) is 42.4 Å². The largest absolute Gasteiger partial charge is 0.342 e. The van der Waals surface area contributed by atoms with Gasteiger partial charge in [0.05, 0.1) is 6.54 Å². The molecule has 110 valence electrons. The van der Waals surface area contributed by atoms with Crippen LogP contribution in [-0.2, 0) is 11.3 Å². The first-order valence-corrected chi connectivity index (χ1v) is 7.57. The van der Waals surface area contributed by atoms with Crippen LogP contribution in [0.5, 0.6) is 0 Å². The second-order valence-electron chi connectivity index (χ2n) is 6.16. The number of aryl methyl sites for hydroxylation is 1. The molecule has 20 heavy (non-hydrogen) atoms. The molecule has 1 aliphatic rings. The molecule has 0 bridgehead atoms. The first-order chi connectivity index (χ1) is 9.56. The fourth-order valence-electron chi connectivity index (χ4n) is 2.72. The van der Waals surface area contributed by atoms with Crippen molar-refractivity contribution < 1.29 is 4.79 Å². The molecule has 0 aliphatic carbocycles. The van der Waals surface area contributed by atoms with Crippen molar-refractivity contribution in [3.63, 3.8) is 0 Å². The maximum atomic E-state index is 12.3. The molecule has 1 aromatic rings. The third-order valence-electron chi connectivity index (χ3n) is 4.24. The Hall–Kier alpha value is -1.35. The molecule has 0 aromatic heterocycles. The van der Waals surface area contributed by atoms with E-state index in [1.54, 1.807) is 0 Å². The standard InChI is InChI=1S/C17H26N2O/c1-14-8-10-19(11-9-14)17(20)13-18(3)12-16-7-5-4-6-15(16)2/h4-7,14H,8-13H2,1-3H3. The molecule has 3 nitrogen and oxygen atoms in total. The van der Waals surface area contributed by atoms with Gasteiger partial charge in [-0.05, 0) is 43.9 Å². The fraction of sp³-hybridized carbons (Fsp3) is 0.588. The third kappa shape index (κ3) is 4.07. The van der Waals surface area contributed by atoms with Gasteiger partial charge in [-0.25, -0.2) is 0 Å². The minimum atomic E-state index is 0.271. The Balaban J connectivity index is 1.83. The average molecular weight is 274 g/mol. The summed E-state index contributed by atoms with van der Waals surface area (Å²) < 4.78 is 0. The topological polar surface area (TPSA) is 23.6 Å². The number of amides is 1. The van der Waals surface area contributed by atoms with E-state index in [-0.39, 0.29) is 5.91 Å². The van der Waals surface area contributed by atoms with Gasteiger partial charge in [0.2, 0.25) is 5.91 Å². The Morgan fingerprint density at radius 1 is 1.30 bits per heavy atom. The molecule has 1 amide bonds. The lowest BCUT2D eigenvalue weighted by atomic mass is 9.99. The lowest BCUT2D eigenvalue weighted by Crippen LogP contribution is -2.42. The maximum absolute atomic E-state index is 12.3. The van der Waals surface area contributed by atoms with Crippen molar-refractivity contribution in [2.24, 2.45) is 5.92 Å². The van der Waals surface area contributed by atoms with Crippen molar-refractivity contribution in [2.75, 3.05) is 26.7 Å². The number of rotatable bonds is 4. The molecular formula is C17H26N2O. The molecule has 1 fully saturated rings. The number of likely N-dealkylation sites (N-methyl/N-ethyl adjacent to an activating group) is 1. The van der Waals surface area contributed by atoms with Gasteiger partial charge < -0.3 is 4.90 Å². The zero-order valence-corrected chi connectivity index (χ0v) is 12.9. The lowest BCUT2D eigenvalue weighted by molar-refractivity contribution is -0.133. The number of nitrogens with zero attached hydrogens (tertiary/aromatic N) is 2. The zero-order chi connectivity index (χ0) is 14.5. The van der Waals surface area contributed by atoms with Crippen LogP contribution in [0.2, 0.25) is 0 Å². The van der Waals surface area contributed by atoms with E-state index in [2.05, 4.69) is 43.0 Å². The summed E-state index contributed by atoms with van der Waals surface area (Å²) in [5.41, 5.74) is 2.59. The van der Waals surface area contributed by atoms with Crippen LogP contribution < -0.4 is 0 Å². The molecule has 0 N–H and O–H groups in total. The summed E-state index contributed by atoms with van der Waals surface area (Å²) in [6, 6.07) is 8.37. The molecule has 1 aliphatic heterocycles. The summed E-state index contributed by atoms with van der Waals surface area (Å²) in [5, 5.41) is 0. The number of hydrogen-bond donors (Lipinski definition) is 0. The zero-order valence-electron chi connectivity index (χ0n) is 12.9. The molecule has 2 rings (SSSR count). The highest BCUT2D eigenvalue weighted by atomic mass is 16.2. The predicted octanol–water partition coefficient (Wildman–Crippen LogP) is 2.69. The van der Waals surface area contributed by atoms with Crippen molar-refractivity contribution in [1.82, 2.24) is 9.80 Å². The van der Waals surface area contributed by atoms with Crippen molar-refractivity contribution >= 4 is 5.91 Å². The summed E-state index contributed by atoms with van der Waals surface area (Å²) in [6.07, 6.45) is 2.29. The number of piperidine rings is 1. The van der Waals surface area contributed by atoms with Crippen molar-refractivity contribution in [3.8, 4) is 0 Å². The Morgan fingerprint density at radius 2 is 1.95 bits per heavy atom. The molecule has 1 saturated heterocycles. The van der Waals surface area contributed by atoms with Gasteiger partial charge in [-0.1, -0.05) is 31.2 Å². The van der Waals surface area contributed by atoms with Crippen LogP contribution in [0.1, 0.15) is 30.9 Å². The second-order valence-corrected chi connectivity index (χ2v) is 6.16. The lowest BCUT2D eigenvalue weighted by Gasteiger charge is -2.31. The normalized spacial score (nSPS) is 16.7. The quantitative estimate of drug-likeness (QED) is 0.843. The summed E-state index contributed by atoms with van der Waals surface area (Å²) in [5.74, 6) is 1.04. The van der Waals surface area contributed by atoms with E-state index in [0.717, 1.165) is 38.4 Å².